The molecule has 6 heteroatoms. The third-order valence-electron chi connectivity index (χ3n) is 2.94. The number of rotatable bonds is 1. The Hall–Kier alpha value is -2.34. The van der Waals surface area contributed by atoms with Crippen LogP contribution in [0.5, 0.6) is 0 Å². The van der Waals surface area contributed by atoms with Crippen LogP contribution in [0.2, 0.25) is 0 Å². The van der Waals surface area contributed by atoms with Crippen LogP contribution < -0.4 is 16.8 Å². The maximum absolute atomic E-state index is 6.30. The fourth-order valence-electron chi connectivity index (χ4n) is 2.15. The Kier molecular flexibility index (Phi) is 2.14. The van der Waals surface area contributed by atoms with Crippen LogP contribution in [0, 0.1) is 6.92 Å². The number of fused-ring (bicyclic) bond motifs is 1. The van der Waals surface area contributed by atoms with Gasteiger partial charge in [0.05, 0.1) is 11.0 Å². The van der Waals surface area contributed by atoms with Gasteiger partial charge in [0, 0.05) is 11.8 Å². The Bertz CT molecular complexity index is 668. The fourth-order valence-corrected chi connectivity index (χ4v) is 2.15. The van der Waals surface area contributed by atoms with Gasteiger partial charge in [-0.1, -0.05) is 12.1 Å². The van der Waals surface area contributed by atoms with Gasteiger partial charge in [-0.3, -0.25) is 5.73 Å². The first-order chi connectivity index (χ1) is 8.58. The highest BCUT2D eigenvalue weighted by Gasteiger charge is 2.29. The molecule has 0 bridgehead atoms. The summed E-state index contributed by atoms with van der Waals surface area (Å²) in [6.45, 7) is 1.91. The van der Waals surface area contributed by atoms with Crippen LogP contribution in [0.25, 0.3) is 11.0 Å². The van der Waals surface area contributed by atoms with E-state index in [1.807, 2.05) is 25.1 Å². The van der Waals surface area contributed by atoms with Crippen molar-refractivity contribution >= 4 is 17.0 Å². The van der Waals surface area contributed by atoms with E-state index in [9.17, 15) is 0 Å². The lowest BCUT2D eigenvalue weighted by Crippen LogP contribution is -2.42. The first-order valence-corrected chi connectivity index (χ1v) is 5.63. The van der Waals surface area contributed by atoms with E-state index < -0.39 is 5.66 Å². The molecule has 2 aromatic rings. The summed E-state index contributed by atoms with van der Waals surface area (Å²) in [5, 5.41) is 2.80. The van der Waals surface area contributed by atoms with Gasteiger partial charge < -0.3 is 16.0 Å². The van der Waals surface area contributed by atoms with E-state index in [2.05, 4.69) is 20.3 Å². The lowest BCUT2D eigenvalue weighted by Gasteiger charge is -2.25. The molecular weight excluding hydrogens is 228 g/mol. The average Bonchev–Trinajstić information content (AvgIpc) is 2.68. The van der Waals surface area contributed by atoms with Gasteiger partial charge in [-0.2, -0.15) is 0 Å². The van der Waals surface area contributed by atoms with Gasteiger partial charge in [0.2, 0.25) is 0 Å². The maximum atomic E-state index is 6.30. The summed E-state index contributed by atoms with van der Waals surface area (Å²) >= 11 is 0. The standard InChI is InChI=1S/C12H14N6/c1-7-16-9-4-2-3-8(10(9)17-7)12(14)5-6-15-11(13)18-12/h2-6H,14H2,1H3,(H,16,17)(H3,13,15,18). The van der Waals surface area contributed by atoms with Crippen LogP contribution in [-0.2, 0) is 5.66 Å². The molecule has 0 saturated carbocycles. The number of aromatic amines is 1. The number of nitrogens with zero attached hydrogens (tertiary/aromatic N) is 2. The Morgan fingerprint density at radius 3 is 2.94 bits per heavy atom. The van der Waals surface area contributed by atoms with Crippen molar-refractivity contribution in [3.63, 3.8) is 0 Å². The summed E-state index contributed by atoms with van der Waals surface area (Å²) in [6.07, 6.45) is 3.46. The molecule has 0 saturated heterocycles. The van der Waals surface area contributed by atoms with Gasteiger partial charge in [-0.05, 0) is 19.1 Å². The number of para-hydroxylation sites is 1. The minimum Gasteiger partial charge on any atom is -0.370 e. The number of imidazole rings is 1. The number of hydrogen-bond donors (Lipinski definition) is 4. The Labute approximate surface area is 104 Å². The topological polar surface area (TPSA) is 105 Å². The number of nitrogens with two attached hydrogens (primary N) is 2. The normalized spacial score (nSPS) is 22.9. The summed E-state index contributed by atoms with van der Waals surface area (Å²) in [5.74, 6) is 1.14. The van der Waals surface area contributed by atoms with Crippen molar-refractivity contribution in [3.05, 3.63) is 41.9 Å². The number of aryl methyl sites for hydroxylation is 1. The quantitative estimate of drug-likeness (QED) is 0.581. The monoisotopic (exact) mass is 242 g/mol. The smallest absolute Gasteiger partial charge is 0.195 e. The molecule has 3 rings (SSSR count). The number of hydrogen-bond acceptors (Lipinski definition) is 5. The number of H-pyrrole nitrogens is 1. The molecule has 0 fully saturated rings. The van der Waals surface area contributed by atoms with Crippen LogP contribution >= 0.6 is 0 Å². The summed E-state index contributed by atoms with van der Waals surface area (Å²) in [4.78, 5) is 11.9. The molecule has 1 aromatic carbocycles. The van der Waals surface area contributed by atoms with Gasteiger partial charge in [0.25, 0.3) is 0 Å². The molecule has 0 spiro atoms. The Balaban J connectivity index is 2.25. The van der Waals surface area contributed by atoms with Gasteiger partial charge in [0.1, 0.15) is 5.82 Å². The van der Waals surface area contributed by atoms with Crippen LogP contribution in [0.3, 0.4) is 0 Å². The third-order valence-corrected chi connectivity index (χ3v) is 2.94. The molecule has 0 aliphatic carbocycles. The van der Waals surface area contributed by atoms with Crippen molar-refractivity contribution in [3.8, 4) is 0 Å². The van der Waals surface area contributed by atoms with E-state index in [0.29, 0.717) is 5.96 Å². The van der Waals surface area contributed by atoms with Gasteiger partial charge in [-0.15, -0.1) is 0 Å². The second-order valence-corrected chi connectivity index (χ2v) is 4.32. The zero-order valence-electron chi connectivity index (χ0n) is 9.94. The molecule has 0 radical (unpaired) electrons. The third kappa shape index (κ3) is 1.54. The van der Waals surface area contributed by atoms with E-state index in [1.54, 1.807) is 12.3 Å². The average molecular weight is 242 g/mol. The van der Waals surface area contributed by atoms with E-state index in [1.165, 1.54) is 0 Å². The lowest BCUT2D eigenvalue weighted by molar-refractivity contribution is 0.585. The first kappa shape index (κ1) is 10.8. The van der Waals surface area contributed by atoms with Crippen LogP contribution in [0.4, 0.5) is 0 Å². The largest absolute Gasteiger partial charge is 0.370 e. The van der Waals surface area contributed by atoms with Crippen molar-refractivity contribution in [1.29, 1.82) is 0 Å². The van der Waals surface area contributed by atoms with E-state index in [0.717, 1.165) is 22.4 Å². The van der Waals surface area contributed by atoms with E-state index >= 15 is 0 Å². The second-order valence-electron chi connectivity index (χ2n) is 4.32. The Morgan fingerprint density at radius 2 is 2.17 bits per heavy atom. The number of benzene rings is 1. The van der Waals surface area contributed by atoms with Crippen LogP contribution in [0.1, 0.15) is 11.4 Å². The van der Waals surface area contributed by atoms with E-state index in [4.69, 9.17) is 11.5 Å². The molecule has 6 nitrogen and oxygen atoms in total. The molecule has 1 atom stereocenters. The minimum atomic E-state index is -0.976. The van der Waals surface area contributed by atoms with Crippen LogP contribution in [-0.4, -0.2) is 15.9 Å². The fraction of sp³-hybridized carbons (Fsp3) is 0.167. The predicted molar refractivity (Wildman–Crippen MR) is 70.6 cm³/mol. The molecule has 1 aliphatic rings. The molecule has 0 amide bonds. The number of nitrogens with one attached hydrogen (secondary N) is 2. The second kappa shape index (κ2) is 3.58. The van der Waals surface area contributed by atoms with E-state index in [-0.39, 0.29) is 0 Å². The van der Waals surface area contributed by atoms with Gasteiger partial charge in [-0.25, -0.2) is 9.98 Å². The Morgan fingerprint density at radius 1 is 1.33 bits per heavy atom. The zero-order valence-corrected chi connectivity index (χ0v) is 9.94. The summed E-state index contributed by atoms with van der Waals surface area (Å²) in [5.41, 5.74) is 13.6. The molecule has 2 heterocycles. The van der Waals surface area contributed by atoms with Crippen molar-refractivity contribution < 1.29 is 0 Å². The summed E-state index contributed by atoms with van der Waals surface area (Å²) < 4.78 is 0. The van der Waals surface area contributed by atoms with Gasteiger partial charge >= 0.3 is 0 Å². The van der Waals surface area contributed by atoms with Crippen molar-refractivity contribution in [2.45, 2.75) is 12.6 Å². The predicted octanol–water partition coefficient (Wildman–Crippen LogP) is 0.414. The number of guanidine groups is 1. The number of aliphatic imine (C=N–C) groups is 1. The number of aromatic nitrogens is 2. The minimum absolute atomic E-state index is 0.296. The molecular formula is C12H14N6. The van der Waals surface area contributed by atoms with Gasteiger partial charge in [0.15, 0.2) is 11.6 Å². The summed E-state index contributed by atoms with van der Waals surface area (Å²) in [6, 6.07) is 5.79. The van der Waals surface area contributed by atoms with Crippen molar-refractivity contribution in [2.24, 2.45) is 16.5 Å². The zero-order chi connectivity index (χ0) is 12.8. The molecule has 6 N–H and O–H groups in total. The van der Waals surface area contributed by atoms with Crippen molar-refractivity contribution in [2.75, 3.05) is 0 Å². The molecule has 1 unspecified atom stereocenters. The molecule has 1 aromatic heterocycles. The first-order valence-electron chi connectivity index (χ1n) is 5.63. The molecule has 18 heavy (non-hydrogen) atoms. The van der Waals surface area contributed by atoms with Crippen LogP contribution in [0.15, 0.2) is 35.5 Å². The highest BCUT2D eigenvalue weighted by atomic mass is 15.2. The molecule has 1 aliphatic heterocycles. The SMILES string of the molecule is Cc1nc2c(C3(N)C=CNC(N)=N3)cccc2[nH]1. The van der Waals surface area contributed by atoms with Crippen molar-refractivity contribution in [1.82, 2.24) is 15.3 Å². The summed E-state index contributed by atoms with van der Waals surface area (Å²) in [7, 11) is 0. The highest BCUT2D eigenvalue weighted by Crippen LogP contribution is 2.28. The lowest BCUT2D eigenvalue weighted by atomic mass is 9.98. The highest BCUT2D eigenvalue weighted by molar-refractivity contribution is 5.84. The maximum Gasteiger partial charge on any atom is 0.195 e. The molecule has 92 valence electrons.